The van der Waals surface area contributed by atoms with E-state index >= 15 is 0 Å². The molecule has 114 valence electrons. The largest absolute Gasteiger partial charge is 0.466 e. The first-order chi connectivity index (χ1) is 10.0. The van der Waals surface area contributed by atoms with Crippen molar-refractivity contribution in [3.05, 3.63) is 27.4 Å². The van der Waals surface area contributed by atoms with Crippen molar-refractivity contribution in [3.63, 3.8) is 0 Å². The van der Waals surface area contributed by atoms with Gasteiger partial charge in [-0.2, -0.15) is 0 Å². The number of anilines is 1. The van der Waals surface area contributed by atoms with Gasteiger partial charge in [0.1, 0.15) is 5.82 Å². The summed E-state index contributed by atoms with van der Waals surface area (Å²) in [5, 5.41) is 10.6. The summed E-state index contributed by atoms with van der Waals surface area (Å²) in [5.74, 6) is 0.342. The fraction of sp³-hybridized carbons (Fsp3) is 0.538. The van der Waals surface area contributed by atoms with Gasteiger partial charge in [0.25, 0.3) is 0 Å². The highest BCUT2D eigenvalue weighted by Crippen LogP contribution is 2.28. The summed E-state index contributed by atoms with van der Waals surface area (Å²) in [6.07, 6.45) is 1.35. The Morgan fingerprint density at radius 1 is 1.52 bits per heavy atom. The number of carbonyl (C=O) groups excluding carboxylic acids is 1. The first kappa shape index (κ1) is 15.5. The molecule has 1 aromatic heterocycles. The summed E-state index contributed by atoms with van der Waals surface area (Å²) in [7, 11) is 0. The lowest BCUT2D eigenvalue weighted by Gasteiger charge is -2.31. The van der Waals surface area contributed by atoms with E-state index in [4.69, 9.17) is 16.3 Å². The molecule has 0 aliphatic carbocycles. The quantitative estimate of drug-likeness (QED) is 0.367. The van der Waals surface area contributed by atoms with Crippen molar-refractivity contribution in [2.45, 2.75) is 19.8 Å². The Kier molecular flexibility index (Phi) is 4.95. The van der Waals surface area contributed by atoms with E-state index in [1.807, 2.05) is 4.90 Å². The Labute approximate surface area is 127 Å². The van der Waals surface area contributed by atoms with E-state index in [-0.39, 0.29) is 22.7 Å². The Bertz CT molecular complexity index is 544. The third-order valence-electron chi connectivity index (χ3n) is 3.45. The molecular weight excluding hydrogens is 298 g/mol. The molecule has 1 fully saturated rings. The third-order valence-corrected chi connectivity index (χ3v) is 3.73. The average molecular weight is 314 g/mol. The molecule has 0 spiro atoms. The van der Waals surface area contributed by atoms with Gasteiger partial charge in [-0.05, 0) is 25.8 Å². The van der Waals surface area contributed by atoms with Crippen LogP contribution in [-0.2, 0) is 9.53 Å². The minimum Gasteiger partial charge on any atom is -0.466 e. The Morgan fingerprint density at radius 2 is 2.19 bits per heavy atom. The summed E-state index contributed by atoms with van der Waals surface area (Å²) >= 11 is 5.81. The molecule has 0 radical (unpaired) electrons. The van der Waals surface area contributed by atoms with Crippen molar-refractivity contribution in [1.29, 1.82) is 0 Å². The molecule has 1 aromatic rings. The van der Waals surface area contributed by atoms with Gasteiger partial charge in [0.15, 0.2) is 0 Å². The number of piperidine rings is 1. The standard InChI is InChI=1S/C13H16ClN3O4/c1-2-21-13(18)9-5-7-16(8-6-9)11-4-3-10(17(19)20)12(14)15-11/h3-4,9H,2,5-8H2,1H3. The van der Waals surface area contributed by atoms with Gasteiger partial charge in [-0.3, -0.25) is 14.9 Å². The minimum atomic E-state index is -0.563. The predicted octanol–water partition coefficient (Wildman–Crippen LogP) is 2.42. The normalized spacial score (nSPS) is 15.8. The zero-order valence-electron chi connectivity index (χ0n) is 11.6. The zero-order chi connectivity index (χ0) is 15.4. The van der Waals surface area contributed by atoms with Crippen LogP contribution in [0.3, 0.4) is 0 Å². The highest BCUT2D eigenvalue weighted by Gasteiger charge is 2.27. The molecule has 8 heteroatoms. The number of rotatable bonds is 4. The van der Waals surface area contributed by atoms with Crippen LogP contribution >= 0.6 is 11.6 Å². The van der Waals surface area contributed by atoms with Crippen LogP contribution < -0.4 is 4.90 Å². The van der Waals surface area contributed by atoms with Crippen LogP contribution in [0.5, 0.6) is 0 Å². The predicted molar refractivity (Wildman–Crippen MR) is 77.5 cm³/mol. The van der Waals surface area contributed by atoms with Gasteiger partial charge in [0, 0.05) is 19.2 Å². The number of aromatic nitrogens is 1. The van der Waals surface area contributed by atoms with E-state index < -0.39 is 4.92 Å². The summed E-state index contributed by atoms with van der Waals surface area (Å²) < 4.78 is 5.01. The lowest BCUT2D eigenvalue weighted by Crippen LogP contribution is -2.37. The van der Waals surface area contributed by atoms with Crippen LogP contribution in [0.4, 0.5) is 11.5 Å². The van der Waals surface area contributed by atoms with E-state index in [0.29, 0.717) is 38.4 Å². The van der Waals surface area contributed by atoms with Crippen molar-refractivity contribution in [2.75, 3.05) is 24.6 Å². The number of hydrogen-bond acceptors (Lipinski definition) is 6. The van der Waals surface area contributed by atoms with Gasteiger partial charge >= 0.3 is 11.7 Å². The maximum atomic E-state index is 11.7. The molecule has 0 atom stereocenters. The molecule has 21 heavy (non-hydrogen) atoms. The molecule has 2 heterocycles. The average Bonchev–Trinajstić information content (AvgIpc) is 2.47. The summed E-state index contributed by atoms with van der Waals surface area (Å²) in [4.78, 5) is 27.8. The van der Waals surface area contributed by atoms with Crippen LogP contribution in [0.25, 0.3) is 0 Å². The molecule has 7 nitrogen and oxygen atoms in total. The lowest BCUT2D eigenvalue weighted by atomic mass is 9.97. The van der Waals surface area contributed by atoms with Gasteiger partial charge in [-0.1, -0.05) is 11.6 Å². The summed E-state index contributed by atoms with van der Waals surface area (Å²) in [6.45, 7) is 3.46. The molecule has 0 N–H and O–H groups in total. The SMILES string of the molecule is CCOC(=O)C1CCN(c2ccc([N+](=O)[O-])c(Cl)n2)CC1. The molecular formula is C13H16ClN3O4. The molecule has 0 amide bonds. The highest BCUT2D eigenvalue weighted by molar-refractivity contribution is 6.31. The van der Waals surface area contributed by atoms with E-state index in [9.17, 15) is 14.9 Å². The van der Waals surface area contributed by atoms with Crippen LogP contribution in [0.2, 0.25) is 5.15 Å². The molecule has 1 aliphatic rings. The number of hydrogen-bond donors (Lipinski definition) is 0. The van der Waals surface area contributed by atoms with Gasteiger partial charge in [-0.15, -0.1) is 0 Å². The molecule has 0 saturated carbocycles. The smallest absolute Gasteiger partial charge is 0.309 e. The second-order valence-electron chi connectivity index (χ2n) is 4.75. The first-order valence-electron chi connectivity index (χ1n) is 6.75. The summed E-state index contributed by atoms with van der Waals surface area (Å²) in [5.41, 5.74) is -0.207. The van der Waals surface area contributed by atoms with E-state index in [1.165, 1.54) is 6.07 Å². The van der Waals surface area contributed by atoms with Crippen LogP contribution in [0.1, 0.15) is 19.8 Å². The van der Waals surface area contributed by atoms with Crippen molar-refractivity contribution >= 4 is 29.1 Å². The van der Waals surface area contributed by atoms with Crippen LogP contribution in [-0.4, -0.2) is 35.6 Å². The monoisotopic (exact) mass is 313 g/mol. The topological polar surface area (TPSA) is 85.6 Å². The first-order valence-corrected chi connectivity index (χ1v) is 7.13. The van der Waals surface area contributed by atoms with Crippen LogP contribution in [0, 0.1) is 16.0 Å². The Hall–Kier alpha value is -1.89. The number of carbonyl (C=O) groups is 1. The third kappa shape index (κ3) is 3.60. The maximum absolute atomic E-state index is 11.7. The van der Waals surface area contributed by atoms with Gasteiger partial charge in [-0.25, -0.2) is 4.98 Å². The number of esters is 1. The van der Waals surface area contributed by atoms with E-state index in [1.54, 1.807) is 13.0 Å². The van der Waals surface area contributed by atoms with E-state index in [0.717, 1.165) is 0 Å². The molecule has 0 unspecified atom stereocenters. The molecule has 0 aromatic carbocycles. The number of ether oxygens (including phenoxy) is 1. The van der Waals surface area contributed by atoms with Gasteiger partial charge in [0.05, 0.1) is 17.4 Å². The number of pyridine rings is 1. The second kappa shape index (κ2) is 6.71. The maximum Gasteiger partial charge on any atom is 0.309 e. The number of nitro groups is 1. The fourth-order valence-corrected chi connectivity index (χ4v) is 2.55. The Balaban J connectivity index is 2.01. The number of nitrogens with zero attached hydrogens (tertiary/aromatic N) is 3. The highest BCUT2D eigenvalue weighted by atomic mass is 35.5. The minimum absolute atomic E-state index is 0.0882. The molecule has 1 aliphatic heterocycles. The zero-order valence-corrected chi connectivity index (χ0v) is 12.4. The van der Waals surface area contributed by atoms with E-state index in [2.05, 4.69) is 4.98 Å². The fourth-order valence-electron chi connectivity index (χ4n) is 2.33. The van der Waals surface area contributed by atoms with Crippen molar-refractivity contribution in [3.8, 4) is 0 Å². The Morgan fingerprint density at radius 3 is 2.71 bits per heavy atom. The van der Waals surface area contributed by atoms with Crippen molar-refractivity contribution in [2.24, 2.45) is 5.92 Å². The molecule has 0 bridgehead atoms. The van der Waals surface area contributed by atoms with Gasteiger partial charge in [0.2, 0.25) is 5.15 Å². The van der Waals surface area contributed by atoms with Gasteiger partial charge < -0.3 is 9.64 Å². The van der Waals surface area contributed by atoms with Crippen LogP contribution in [0.15, 0.2) is 12.1 Å². The molecule has 1 saturated heterocycles. The molecule has 2 rings (SSSR count). The van der Waals surface area contributed by atoms with Crippen molar-refractivity contribution in [1.82, 2.24) is 4.98 Å². The second-order valence-corrected chi connectivity index (χ2v) is 5.11. The van der Waals surface area contributed by atoms with Crippen molar-refractivity contribution < 1.29 is 14.5 Å². The summed E-state index contributed by atoms with van der Waals surface area (Å²) in [6, 6.07) is 2.93. The lowest BCUT2D eigenvalue weighted by molar-refractivity contribution is -0.385. The number of halogens is 1.